The van der Waals surface area contributed by atoms with Crippen LogP contribution in [-0.2, 0) is 4.79 Å². The second kappa shape index (κ2) is 3.85. The molecule has 0 heterocycles. The summed E-state index contributed by atoms with van der Waals surface area (Å²) in [6.45, 7) is 1.38. The summed E-state index contributed by atoms with van der Waals surface area (Å²) >= 11 is 0. The summed E-state index contributed by atoms with van der Waals surface area (Å²) in [6.07, 6.45) is 0. The number of carbonyl (C=O) groups excluding carboxylic acids is 1. The minimum absolute atomic E-state index is 0.202. The Kier molecular flexibility index (Phi) is 2.80. The zero-order valence-corrected chi connectivity index (χ0v) is 7.69. The lowest BCUT2D eigenvalue weighted by Gasteiger charge is -2.15. The molecule has 0 saturated heterocycles. The molecule has 0 unspecified atom stereocenters. The quantitative estimate of drug-likeness (QED) is 0.616. The van der Waals surface area contributed by atoms with Gasteiger partial charge in [-0.05, 0) is 19.1 Å². The summed E-state index contributed by atoms with van der Waals surface area (Å²) in [5, 5.41) is 8.98. The fourth-order valence-electron chi connectivity index (χ4n) is 1.01. The van der Waals surface area contributed by atoms with Gasteiger partial charge in [0.15, 0.2) is 0 Å². The second-order valence-electron chi connectivity index (χ2n) is 2.79. The number of rotatable bonds is 2. The maximum Gasteiger partial charge on any atom is 0.273 e. The molecule has 1 amide bonds. The van der Waals surface area contributed by atoms with Crippen LogP contribution in [0.1, 0.15) is 6.92 Å². The number of carbonyl (C=O) groups is 1. The largest absolute Gasteiger partial charge is 0.310 e. The van der Waals surface area contributed by atoms with Crippen LogP contribution < -0.4 is 10.3 Å². The number of para-hydroxylation sites is 1. The first-order valence-electron chi connectivity index (χ1n) is 3.98. The number of anilines is 1. The number of benzene rings is 1. The molecule has 13 heavy (non-hydrogen) atoms. The van der Waals surface area contributed by atoms with E-state index < -0.39 is 0 Å². The Balaban J connectivity index is 2.86. The van der Waals surface area contributed by atoms with Crippen LogP contribution in [0.15, 0.2) is 30.3 Å². The molecular formula is C10H11N2O. The van der Waals surface area contributed by atoms with Gasteiger partial charge in [-0.1, -0.05) is 18.2 Å². The topological polar surface area (TPSA) is 42.6 Å². The summed E-state index contributed by atoms with van der Waals surface area (Å²) in [5.74, 6) is -0.383. The number of nitrogens with zero attached hydrogens (tertiary/aromatic N) is 2. The molecule has 0 N–H and O–H groups in total. The van der Waals surface area contributed by atoms with E-state index in [9.17, 15) is 4.79 Å². The molecule has 0 bridgehead atoms. The van der Waals surface area contributed by atoms with Gasteiger partial charge in [-0.25, -0.2) is 0 Å². The molecule has 0 aliphatic heterocycles. The zero-order valence-electron chi connectivity index (χ0n) is 7.69. The van der Waals surface area contributed by atoms with Gasteiger partial charge in [-0.2, -0.15) is 0 Å². The normalized spacial score (nSPS) is 9.38. The van der Waals surface area contributed by atoms with Crippen LogP contribution in [0.2, 0.25) is 0 Å². The summed E-state index contributed by atoms with van der Waals surface area (Å²) in [6, 6.07) is 9.16. The van der Waals surface area contributed by atoms with E-state index in [0.717, 1.165) is 5.69 Å². The van der Waals surface area contributed by atoms with Gasteiger partial charge in [0, 0.05) is 12.7 Å². The van der Waals surface area contributed by atoms with E-state index in [2.05, 4.69) is 0 Å². The van der Waals surface area contributed by atoms with E-state index in [0.29, 0.717) is 0 Å². The molecule has 0 aliphatic carbocycles. The highest BCUT2D eigenvalue weighted by atomic mass is 16.2. The third kappa shape index (κ3) is 2.15. The van der Waals surface area contributed by atoms with E-state index in [1.165, 1.54) is 11.8 Å². The van der Waals surface area contributed by atoms with Crippen molar-refractivity contribution < 1.29 is 4.79 Å². The van der Waals surface area contributed by atoms with Crippen LogP contribution in [-0.4, -0.2) is 18.7 Å². The molecule has 1 aromatic carbocycles. The third-order valence-corrected chi connectivity index (χ3v) is 1.76. The highest BCUT2D eigenvalue weighted by Crippen LogP contribution is 2.10. The van der Waals surface area contributed by atoms with Gasteiger partial charge in [0.05, 0.1) is 0 Å². The minimum atomic E-state index is -0.383. The summed E-state index contributed by atoms with van der Waals surface area (Å²) in [4.78, 5) is 12.7. The first-order chi connectivity index (χ1) is 6.13. The minimum Gasteiger partial charge on any atom is -0.310 e. The Hall–Kier alpha value is -1.64. The van der Waals surface area contributed by atoms with Crippen molar-refractivity contribution in [2.24, 2.45) is 0 Å². The lowest BCUT2D eigenvalue weighted by Crippen LogP contribution is -2.32. The van der Waals surface area contributed by atoms with Gasteiger partial charge < -0.3 is 4.90 Å². The smallest absolute Gasteiger partial charge is 0.273 e. The Morgan fingerprint density at radius 1 is 1.31 bits per heavy atom. The Labute approximate surface area is 77.5 Å². The van der Waals surface area contributed by atoms with E-state index in [4.69, 9.17) is 5.41 Å². The van der Waals surface area contributed by atoms with Crippen molar-refractivity contribution in [2.45, 2.75) is 6.92 Å². The van der Waals surface area contributed by atoms with Crippen LogP contribution in [0.4, 0.5) is 5.69 Å². The summed E-state index contributed by atoms with van der Waals surface area (Å²) in [7, 11) is 1.62. The van der Waals surface area contributed by atoms with E-state index >= 15 is 0 Å². The predicted molar refractivity (Wildman–Crippen MR) is 52.7 cm³/mol. The highest BCUT2D eigenvalue weighted by Gasteiger charge is 2.12. The van der Waals surface area contributed by atoms with E-state index in [1.54, 1.807) is 19.2 Å². The van der Waals surface area contributed by atoms with Crippen LogP contribution in [0.25, 0.3) is 0 Å². The average molecular weight is 175 g/mol. The maximum atomic E-state index is 11.3. The van der Waals surface area contributed by atoms with Gasteiger partial charge in [-0.3, -0.25) is 4.79 Å². The predicted octanol–water partition coefficient (Wildman–Crippen LogP) is 0.910. The Morgan fingerprint density at radius 3 is 2.31 bits per heavy atom. The molecule has 1 rings (SSSR count). The fourth-order valence-corrected chi connectivity index (χ4v) is 1.01. The van der Waals surface area contributed by atoms with Crippen molar-refractivity contribution in [1.82, 2.24) is 5.41 Å². The summed E-state index contributed by atoms with van der Waals surface area (Å²) < 4.78 is 0. The Morgan fingerprint density at radius 2 is 1.85 bits per heavy atom. The molecular weight excluding hydrogens is 164 g/mol. The highest BCUT2D eigenvalue weighted by molar-refractivity contribution is 6.41. The number of hydrogen-bond donors (Lipinski definition) is 0. The molecule has 0 spiro atoms. The molecule has 0 aromatic heterocycles. The monoisotopic (exact) mass is 175 g/mol. The molecule has 1 radical (unpaired) electrons. The van der Waals surface area contributed by atoms with Crippen LogP contribution in [0.3, 0.4) is 0 Å². The fraction of sp³-hybridized carbons (Fsp3) is 0.200. The molecule has 1 aromatic rings. The molecule has 67 valence electrons. The lowest BCUT2D eigenvalue weighted by atomic mass is 10.3. The van der Waals surface area contributed by atoms with Crippen molar-refractivity contribution in [3.63, 3.8) is 0 Å². The molecule has 0 aliphatic rings. The molecule has 0 saturated carbocycles. The van der Waals surface area contributed by atoms with Gasteiger partial charge in [0.2, 0.25) is 0 Å². The average Bonchev–Trinajstić information content (AvgIpc) is 2.17. The van der Waals surface area contributed by atoms with Crippen molar-refractivity contribution >= 4 is 17.3 Å². The van der Waals surface area contributed by atoms with Gasteiger partial charge >= 0.3 is 0 Å². The molecule has 0 fully saturated rings. The van der Waals surface area contributed by atoms with Crippen LogP contribution >= 0.6 is 0 Å². The summed E-state index contributed by atoms with van der Waals surface area (Å²) in [5.41, 5.74) is 0.562. The second-order valence-corrected chi connectivity index (χ2v) is 2.79. The van der Waals surface area contributed by atoms with E-state index in [-0.39, 0.29) is 11.6 Å². The van der Waals surface area contributed by atoms with Gasteiger partial charge in [-0.15, -0.1) is 5.41 Å². The van der Waals surface area contributed by atoms with Crippen molar-refractivity contribution in [1.29, 1.82) is 0 Å². The third-order valence-electron chi connectivity index (χ3n) is 1.76. The first kappa shape index (κ1) is 9.45. The van der Waals surface area contributed by atoms with Crippen LogP contribution in [0, 0.1) is 0 Å². The molecule has 3 heteroatoms. The van der Waals surface area contributed by atoms with Gasteiger partial charge in [0.1, 0.15) is 5.71 Å². The van der Waals surface area contributed by atoms with Crippen molar-refractivity contribution in [3.05, 3.63) is 30.3 Å². The zero-order chi connectivity index (χ0) is 9.84. The standard InChI is InChI=1S/C10H11N2O/c1-8(11)10(13)12(2)9-6-4-3-5-7-9/h3-7H,1-2H3. The number of hydrogen-bond acceptors (Lipinski definition) is 1. The van der Waals surface area contributed by atoms with Crippen molar-refractivity contribution in [3.8, 4) is 0 Å². The maximum absolute atomic E-state index is 11.3. The first-order valence-corrected chi connectivity index (χ1v) is 3.98. The molecule has 0 atom stereocenters. The van der Waals surface area contributed by atoms with Crippen LogP contribution in [0.5, 0.6) is 0 Å². The lowest BCUT2D eigenvalue weighted by molar-refractivity contribution is -0.112. The Bertz CT molecular complexity index is 319. The van der Waals surface area contributed by atoms with Gasteiger partial charge in [0.25, 0.3) is 5.91 Å². The van der Waals surface area contributed by atoms with Crippen molar-refractivity contribution in [2.75, 3.05) is 11.9 Å². The molecule has 3 nitrogen and oxygen atoms in total. The van der Waals surface area contributed by atoms with E-state index in [1.807, 2.05) is 18.2 Å². The SMILES string of the molecule is CC(=[N])C(=O)N(C)c1ccccc1. The number of amides is 1.